The highest BCUT2D eigenvalue weighted by molar-refractivity contribution is 5.98. The van der Waals surface area contributed by atoms with Gasteiger partial charge in [0.2, 0.25) is 0 Å². The number of esters is 1. The van der Waals surface area contributed by atoms with Gasteiger partial charge in [-0.15, -0.1) is 0 Å². The normalized spacial score (nSPS) is 18.9. The van der Waals surface area contributed by atoms with Crippen molar-refractivity contribution >= 4 is 17.6 Å². The van der Waals surface area contributed by atoms with Crippen LogP contribution in [0.4, 0.5) is 5.69 Å². The van der Waals surface area contributed by atoms with Gasteiger partial charge in [0.1, 0.15) is 11.1 Å². The Morgan fingerprint density at radius 3 is 2.00 bits per heavy atom. The Morgan fingerprint density at radius 2 is 1.42 bits per heavy atom. The Bertz CT molecular complexity index is 1250. The molecule has 1 atom stereocenters. The zero-order chi connectivity index (χ0) is 26.8. The fraction of sp³-hybridized carbons (Fsp3) is 0.375. The molecule has 0 unspecified atom stereocenters. The highest BCUT2D eigenvalue weighted by Crippen LogP contribution is 2.45. The number of nitrogens with one attached hydrogen (secondary N) is 1. The number of carbonyl (C=O) groups excluding carboxylic acids is 2. The summed E-state index contributed by atoms with van der Waals surface area (Å²) in [6.07, 6.45) is 1.65. The molecule has 3 aromatic rings. The Morgan fingerprint density at radius 1 is 0.868 bits per heavy atom. The molecule has 0 saturated carbocycles. The average molecular weight is 512 g/mol. The van der Waals surface area contributed by atoms with Gasteiger partial charge in [-0.3, -0.25) is 4.79 Å². The molecule has 0 bridgehead atoms. The number of benzene rings is 3. The number of ether oxygens (including phenoxy) is 1. The van der Waals surface area contributed by atoms with Gasteiger partial charge >= 0.3 is 5.97 Å². The summed E-state index contributed by atoms with van der Waals surface area (Å²) in [5.41, 5.74) is -0.0870. The van der Waals surface area contributed by atoms with Crippen LogP contribution in [0.1, 0.15) is 44.7 Å². The lowest BCUT2D eigenvalue weighted by Crippen LogP contribution is -2.59. The monoisotopic (exact) mass is 511 g/mol. The molecule has 38 heavy (non-hydrogen) atoms. The minimum absolute atomic E-state index is 0.0199. The van der Waals surface area contributed by atoms with Gasteiger partial charge in [-0.2, -0.15) is 0 Å². The highest BCUT2D eigenvalue weighted by Gasteiger charge is 2.61. The molecule has 1 N–H and O–H groups in total. The second-order valence-electron chi connectivity index (χ2n) is 11.3. The third kappa shape index (κ3) is 4.69. The first kappa shape index (κ1) is 26.0. The number of rotatable bonds is 6. The van der Waals surface area contributed by atoms with Crippen molar-refractivity contribution in [2.75, 3.05) is 24.7 Å². The van der Waals surface area contributed by atoms with Crippen LogP contribution in [0.2, 0.25) is 0 Å². The molecule has 2 saturated heterocycles. The molecular formula is C32H37N3O3. The molecule has 1 amide bonds. The van der Waals surface area contributed by atoms with Crippen molar-refractivity contribution in [3.63, 3.8) is 0 Å². The zero-order valence-electron chi connectivity index (χ0n) is 22.5. The molecule has 2 aliphatic rings. The number of carbonyl (C=O) groups is 2. The summed E-state index contributed by atoms with van der Waals surface area (Å²) in [5, 5.41) is 3.42. The smallest absolute Gasteiger partial charge is 0.337 e. The van der Waals surface area contributed by atoms with E-state index in [1.807, 2.05) is 105 Å². The van der Waals surface area contributed by atoms with E-state index < -0.39 is 22.6 Å². The molecule has 2 aliphatic heterocycles. The Hall–Kier alpha value is -3.64. The van der Waals surface area contributed by atoms with Gasteiger partial charge in [0, 0.05) is 12.1 Å². The van der Waals surface area contributed by atoms with Crippen molar-refractivity contribution in [3.05, 3.63) is 102 Å². The van der Waals surface area contributed by atoms with Crippen LogP contribution in [-0.2, 0) is 26.3 Å². The predicted molar refractivity (Wildman–Crippen MR) is 150 cm³/mol. The van der Waals surface area contributed by atoms with Crippen LogP contribution >= 0.6 is 0 Å². The second-order valence-corrected chi connectivity index (χ2v) is 11.3. The van der Waals surface area contributed by atoms with E-state index in [1.165, 1.54) is 0 Å². The highest BCUT2D eigenvalue weighted by atomic mass is 16.6. The second kappa shape index (κ2) is 10.3. The lowest BCUT2D eigenvalue weighted by atomic mass is 9.80. The van der Waals surface area contributed by atoms with Crippen LogP contribution in [0.5, 0.6) is 0 Å². The third-order valence-corrected chi connectivity index (χ3v) is 7.69. The summed E-state index contributed by atoms with van der Waals surface area (Å²) >= 11 is 0. The molecular weight excluding hydrogens is 474 g/mol. The molecule has 198 valence electrons. The van der Waals surface area contributed by atoms with E-state index in [-0.39, 0.29) is 5.91 Å². The van der Waals surface area contributed by atoms with Gasteiger partial charge in [-0.25, -0.2) is 4.79 Å². The number of piperidine rings is 1. The summed E-state index contributed by atoms with van der Waals surface area (Å²) in [6, 6.07) is 29.7. The van der Waals surface area contributed by atoms with Crippen molar-refractivity contribution in [1.82, 2.24) is 10.2 Å². The van der Waals surface area contributed by atoms with Crippen molar-refractivity contribution in [3.8, 4) is 0 Å². The largest absolute Gasteiger partial charge is 0.458 e. The van der Waals surface area contributed by atoms with Gasteiger partial charge in [0.05, 0.1) is 6.67 Å². The van der Waals surface area contributed by atoms with Crippen LogP contribution in [0, 0.1) is 0 Å². The molecule has 6 nitrogen and oxygen atoms in total. The topological polar surface area (TPSA) is 61.9 Å². The lowest BCUT2D eigenvalue weighted by molar-refractivity contribution is -0.174. The summed E-state index contributed by atoms with van der Waals surface area (Å²) in [7, 11) is 0. The van der Waals surface area contributed by atoms with Crippen LogP contribution in [-0.4, -0.2) is 47.7 Å². The number of hydrogen-bond acceptors (Lipinski definition) is 5. The van der Waals surface area contributed by atoms with E-state index in [0.717, 1.165) is 29.9 Å². The first-order chi connectivity index (χ1) is 18.3. The van der Waals surface area contributed by atoms with Crippen LogP contribution in [0.25, 0.3) is 0 Å². The SMILES string of the molecule is CC(C)(C)OC(=O)[C@](Cc1ccccc1)(c1ccccc1)N1CN(c2ccccc2)C2(CCNCC2)C1=O. The van der Waals surface area contributed by atoms with E-state index in [1.54, 1.807) is 0 Å². The summed E-state index contributed by atoms with van der Waals surface area (Å²) in [6.45, 7) is 7.40. The summed E-state index contributed by atoms with van der Waals surface area (Å²) in [4.78, 5) is 33.3. The average Bonchev–Trinajstić information content (AvgIpc) is 3.19. The molecule has 3 aromatic carbocycles. The summed E-state index contributed by atoms with van der Waals surface area (Å²) in [5.74, 6) is -0.430. The summed E-state index contributed by atoms with van der Waals surface area (Å²) < 4.78 is 6.14. The fourth-order valence-corrected chi connectivity index (χ4v) is 5.88. The molecule has 5 rings (SSSR count). The van der Waals surface area contributed by atoms with Gasteiger partial charge < -0.3 is 19.9 Å². The first-order valence-electron chi connectivity index (χ1n) is 13.4. The minimum Gasteiger partial charge on any atom is -0.458 e. The number of hydrogen-bond donors (Lipinski definition) is 1. The Labute approximate surface area is 225 Å². The maximum atomic E-state index is 14.8. The van der Waals surface area contributed by atoms with E-state index >= 15 is 0 Å². The van der Waals surface area contributed by atoms with Crippen LogP contribution < -0.4 is 10.2 Å². The molecule has 0 aliphatic carbocycles. The van der Waals surface area contributed by atoms with E-state index in [4.69, 9.17) is 4.74 Å². The fourth-order valence-electron chi connectivity index (χ4n) is 5.88. The van der Waals surface area contributed by atoms with Gasteiger partial charge in [0.15, 0.2) is 5.54 Å². The first-order valence-corrected chi connectivity index (χ1v) is 13.4. The van der Waals surface area contributed by atoms with Crippen LogP contribution in [0.15, 0.2) is 91.0 Å². The molecule has 2 heterocycles. The van der Waals surface area contributed by atoms with Crippen molar-refractivity contribution in [2.24, 2.45) is 0 Å². The van der Waals surface area contributed by atoms with Crippen molar-refractivity contribution in [2.45, 2.75) is 56.7 Å². The maximum Gasteiger partial charge on any atom is 0.337 e. The number of nitrogens with zero attached hydrogens (tertiary/aromatic N) is 2. The Balaban J connectivity index is 1.71. The predicted octanol–water partition coefficient (Wildman–Crippen LogP) is 4.89. The van der Waals surface area contributed by atoms with Crippen molar-refractivity contribution in [1.29, 1.82) is 0 Å². The zero-order valence-corrected chi connectivity index (χ0v) is 22.5. The lowest BCUT2D eigenvalue weighted by Gasteiger charge is -2.42. The number of anilines is 1. The van der Waals surface area contributed by atoms with Gasteiger partial charge in [-0.05, 0) is 70.0 Å². The quantitative estimate of drug-likeness (QED) is 0.478. The number of amides is 1. The van der Waals surface area contributed by atoms with Gasteiger partial charge in [-0.1, -0.05) is 78.9 Å². The van der Waals surface area contributed by atoms with E-state index in [0.29, 0.717) is 25.9 Å². The standard InChI is InChI=1S/C32H37N3O3/c1-30(2,3)38-29(37)32(26-15-9-5-10-16-26,23-25-13-7-4-8-14-25)35-24-34(27-17-11-6-12-18-27)31(28(35)36)19-21-33-22-20-31/h4-18,33H,19-24H2,1-3H3/t32-/m0/s1. The number of para-hydroxylation sites is 1. The molecule has 2 fully saturated rings. The Kier molecular flexibility index (Phi) is 7.01. The van der Waals surface area contributed by atoms with E-state index in [9.17, 15) is 9.59 Å². The van der Waals surface area contributed by atoms with E-state index in [2.05, 4.69) is 22.3 Å². The molecule has 1 spiro atoms. The van der Waals surface area contributed by atoms with Gasteiger partial charge in [0.25, 0.3) is 5.91 Å². The van der Waals surface area contributed by atoms with Crippen molar-refractivity contribution < 1.29 is 14.3 Å². The third-order valence-electron chi connectivity index (χ3n) is 7.69. The van der Waals surface area contributed by atoms with Crippen LogP contribution in [0.3, 0.4) is 0 Å². The minimum atomic E-state index is -1.34. The molecule has 6 heteroatoms. The molecule has 0 aromatic heterocycles. The maximum absolute atomic E-state index is 14.8. The molecule has 0 radical (unpaired) electrons.